The van der Waals surface area contributed by atoms with E-state index in [1.54, 1.807) is 0 Å². The SMILES string of the molecule is O=C(NCc1ccc(F)cc1)c1cncc(C(=O)Nc2ccc(F)cc2F)c1. The van der Waals surface area contributed by atoms with E-state index in [-0.39, 0.29) is 29.2 Å². The van der Waals surface area contributed by atoms with E-state index in [1.165, 1.54) is 42.7 Å². The Morgan fingerprint density at radius 2 is 1.46 bits per heavy atom. The zero-order valence-corrected chi connectivity index (χ0v) is 14.4. The van der Waals surface area contributed by atoms with Crippen LogP contribution in [0.2, 0.25) is 0 Å². The number of carbonyl (C=O) groups is 2. The molecule has 0 aliphatic carbocycles. The van der Waals surface area contributed by atoms with Crippen molar-refractivity contribution < 1.29 is 22.8 Å². The van der Waals surface area contributed by atoms with E-state index in [9.17, 15) is 22.8 Å². The molecule has 0 aliphatic rings. The van der Waals surface area contributed by atoms with Gasteiger partial charge in [-0.25, -0.2) is 13.2 Å². The molecule has 8 heteroatoms. The summed E-state index contributed by atoms with van der Waals surface area (Å²) in [6, 6.07) is 9.68. The Hall–Kier alpha value is -3.68. The number of anilines is 1. The zero-order valence-electron chi connectivity index (χ0n) is 14.4. The van der Waals surface area contributed by atoms with E-state index in [0.717, 1.165) is 12.1 Å². The summed E-state index contributed by atoms with van der Waals surface area (Å²) in [5.74, 6) is -3.26. The third kappa shape index (κ3) is 4.73. The first kappa shape index (κ1) is 19.1. The first-order valence-electron chi connectivity index (χ1n) is 8.16. The van der Waals surface area contributed by atoms with Crippen LogP contribution in [0.1, 0.15) is 26.3 Å². The van der Waals surface area contributed by atoms with Crippen molar-refractivity contribution in [1.82, 2.24) is 10.3 Å². The molecule has 3 rings (SSSR count). The van der Waals surface area contributed by atoms with Crippen molar-refractivity contribution in [1.29, 1.82) is 0 Å². The summed E-state index contributed by atoms with van der Waals surface area (Å²) in [5.41, 5.74) is 0.647. The molecule has 2 aromatic carbocycles. The van der Waals surface area contributed by atoms with Crippen LogP contribution in [-0.4, -0.2) is 16.8 Å². The van der Waals surface area contributed by atoms with E-state index in [2.05, 4.69) is 15.6 Å². The van der Waals surface area contributed by atoms with Crippen molar-refractivity contribution in [2.75, 3.05) is 5.32 Å². The quantitative estimate of drug-likeness (QED) is 0.704. The van der Waals surface area contributed by atoms with Gasteiger partial charge in [-0.1, -0.05) is 12.1 Å². The second kappa shape index (κ2) is 8.34. The number of hydrogen-bond donors (Lipinski definition) is 2. The fourth-order valence-corrected chi connectivity index (χ4v) is 2.36. The lowest BCUT2D eigenvalue weighted by Crippen LogP contribution is -2.23. The van der Waals surface area contributed by atoms with E-state index < -0.39 is 23.4 Å². The summed E-state index contributed by atoms with van der Waals surface area (Å²) < 4.78 is 39.5. The molecule has 5 nitrogen and oxygen atoms in total. The molecule has 2 amide bonds. The molecule has 0 bridgehead atoms. The summed E-state index contributed by atoms with van der Waals surface area (Å²) >= 11 is 0. The molecular formula is C20H14F3N3O2. The third-order valence-corrected chi connectivity index (χ3v) is 3.81. The molecule has 0 atom stereocenters. The molecule has 0 radical (unpaired) electrons. The van der Waals surface area contributed by atoms with E-state index in [4.69, 9.17) is 0 Å². The molecule has 0 saturated carbocycles. The normalized spacial score (nSPS) is 10.4. The summed E-state index contributed by atoms with van der Waals surface area (Å²) in [6.07, 6.45) is 2.49. The minimum Gasteiger partial charge on any atom is -0.348 e. The molecule has 0 unspecified atom stereocenters. The molecule has 0 saturated heterocycles. The number of aromatic nitrogens is 1. The molecule has 3 aromatic rings. The largest absolute Gasteiger partial charge is 0.348 e. The van der Waals surface area contributed by atoms with Gasteiger partial charge in [0.2, 0.25) is 0 Å². The van der Waals surface area contributed by atoms with E-state index >= 15 is 0 Å². The number of amides is 2. The number of pyridine rings is 1. The Morgan fingerprint density at radius 3 is 2.14 bits per heavy atom. The van der Waals surface area contributed by atoms with Gasteiger partial charge in [-0.15, -0.1) is 0 Å². The summed E-state index contributed by atoms with van der Waals surface area (Å²) in [7, 11) is 0. The van der Waals surface area contributed by atoms with Crippen LogP contribution in [0.15, 0.2) is 60.9 Å². The second-order valence-corrected chi connectivity index (χ2v) is 5.85. The highest BCUT2D eigenvalue weighted by atomic mass is 19.1. The van der Waals surface area contributed by atoms with Gasteiger partial charge in [0.05, 0.1) is 16.8 Å². The van der Waals surface area contributed by atoms with Gasteiger partial charge < -0.3 is 10.6 Å². The summed E-state index contributed by atoms with van der Waals surface area (Å²) in [6.45, 7) is 0.163. The molecule has 0 spiro atoms. The highest BCUT2D eigenvalue weighted by Crippen LogP contribution is 2.16. The first-order valence-corrected chi connectivity index (χ1v) is 8.16. The molecule has 28 heavy (non-hydrogen) atoms. The molecule has 1 aromatic heterocycles. The minimum absolute atomic E-state index is 0.0261. The molecule has 0 aliphatic heterocycles. The molecular weight excluding hydrogens is 371 g/mol. The van der Waals surface area contributed by atoms with Crippen LogP contribution >= 0.6 is 0 Å². The third-order valence-electron chi connectivity index (χ3n) is 3.81. The number of nitrogens with zero attached hydrogens (tertiary/aromatic N) is 1. The van der Waals surface area contributed by atoms with Crippen LogP contribution in [0.25, 0.3) is 0 Å². The van der Waals surface area contributed by atoms with Crippen molar-refractivity contribution >= 4 is 17.5 Å². The Kier molecular flexibility index (Phi) is 5.69. The maximum absolute atomic E-state index is 13.7. The van der Waals surface area contributed by atoms with Crippen molar-refractivity contribution in [2.45, 2.75) is 6.54 Å². The van der Waals surface area contributed by atoms with Gasteiger partial charge in [0.25, 0.3) is 11.8 Å². The van der Waals surface area contributed by atoms with Crippen LogP contribution in [0.4, 0.5) is 18.9 Å². The Labute approximate surface area is 158 Å². The van der Waals surface area contributed by atoms with Crippen LogP contribution in [0.5, 0.6) is 0 Å². The predicted octanol–water partition coefficient (Wildman–Crippen LogP) is 3.68. The highest BCUT2D eigenvalue weighted by Gasteiger charge is 2.13. The minimum atomic E-state index is -0.922. The molecule has 142 valence electrons. The number of halogens is 3. The van der Waals surface area contributed by atoms with Crippen molar-refractivity contribution in [3.8, 4) is 0 Å². The van der Waals surface area contributed by atoms with Gasteiger partial charge in [-0.3, -0.25) is 14.6 Å². The summed E-state index contributed by atoms with van der Waals surface area (Å²) in [4.78, 5) is 28.4. The van der Waals surface area contributed by atoms with Crippen molar-refractivity contribution in [3.63, 3.8) is 0 Å². The molecule has 0 fully saturated rings. The predicted molar refractivity (Wildman–Crippen MR) is 96.1 cm³/mol. The monoisotopic (exact) mass is 385 g/mol. The number of rotatable bonds is 5. The molecule has 2 N–H and O–H groups in total. The lowest BCUT2D eigenvalue weighted by atomic mass is 10.1. The average molecular weight is 385 g/mol. The maximum atomic E-state index is 13.7. The molecule has 1 heterocycles. The van der Waals surface area contributed by atoms with Crippen LogP contribution in [-0.2, 0) is 6.54 Å². The lowest BCUT2D eigenvalue weighted by Gasteiger charge is -2.08. The Morgan fingerprint density at radius 1 is 0.821 bits per heavy atom. The topological polar surface area (TPSA) is 71.1 Å². The van der Waals surface area contributed by atoms with Gasteiger partial charge in [-0.05, 0) is 35.9 Å². The average Bonchev–Trinajstić information content (AvgIpc) is 2.69. The van der Waals surface area contributed by atoms with Gasteiger partial charge in [0, 0.05) is 25.0 Å². The zero-order chi connectivity index (χ0) is 20.1. The standard InChI is InChI=1S/C20H14F3N3O2/c21-15-3-1-12(2-4-15)9-25-19(27)13-7-14(11-24-10-13)20(28)26-18-6-5-16(22)8-17(18)23/h1-8,10-11H,9H2,(H,25,27)(H,26,28). The van der Waals surface area contributed by atoms with Crippen molar-refractivity contribution in [3.05, 3.63) is 95.1 Å². The lowest BCUT2D eigenvalue weighted by molar-refractivity contribution is 0.0950. The van der Waals surface area contributed by atoms with Gasteiger partial charge in [0.1, 0.15) is 17.5 Å². The van der Waals surface area contributed by atoms with Gasteiger partial charge in [0.15, 0.2) is 0 Å². The second-order valence-electron chi connectivity index (χ2n) is 5.85. The highest BCUT2D eigenvalue weighted by molar-refractivity contribution is 6.05. The Bertz CT molecular complexity index is 1020. The fourth-order valence-electron chi connectivity index (χ4n) is 2.36. The van der Waals surface area contributed by atoms with Crippen LogP contribution in [0, 0.1) is 17.5 Å². The Balaban J connectivity index is 1.67. The van der Waals surface area contributed by atoms with Gasteiger partial charge in [-0.2, -0.15) is 0 Å². The van der Waals surface area contributed by atoms with E-state index in [0.29, 0.717) is 11.6 Å². The smallest absolute Gasteiger partial charge is 0.257 e. The number of benzene rings is 2. The first-order chi connectivity index (χ1) is 13.4. The number of nitrogens with one attached hydrogen (secondary N) is 2. The maximum Gasteiger partial charge on any atom is 0.257 e. The fraction of sp³-hybridized carbons (Fsp3) is 0.0500. The summed E-state index contributed by atoms with van der Waals surface area (Å²) in [5, 5.41) is 4.93. The number of carbonyl (C=O) groups excluding carboxylic acids is 2. The van der Waals surface area contributed by atoms with E-state index in [1.807, 2.05) is 0 Å². The van der Waals surface area contributed by atoms with Gasteiger partial charge >= 0.3 is 0 Å². The van der Waals surface area contributed by atoms with Crippen LogP contribution in [0.3, 0.4) is 0 Å². The van der Waals surface area contributed by atoms with Crippen LogP contribution < -0.4 is 10.6 Å². The number of hydrogen-bond acceptors (Lipinski definition) is 3. The van der Waals surface area contributed by atoms with Crippen molar-refractivity contribution in [2.24, 2.45) is 0 Å².